The lowest BCUT2D eigenvalue weighted by atomic mass is 10.0. The van der Waals surface area contributed by atoms with Gasteiger partial charge in [-0.2, -0.15) is 0 Å². The van der Waals surface area contributed by atoms with Crippen LogP contribution in [0.15, 0.2) is 72.8 Å². The molecule has 3 N–H and O–H groups in total. The number of rotatable bonds is 8. The van der Waals surface area contributed by atoms with E-state index in [-0.39, 0.29) is 18.1 Å². The van der Waals surface area contributed by atoms with Crippen LogP contribution in [0.25, 0.3) is 0 Å². The molecule has 0 spiro atoms. The number of hydrogen-bond donors (Lipinski definition) is 2. The lowest BCUT2D eigenvalue weighted by molar-refractivity contribution is 0.0908. The lowest BCUT2D eigenvalue weighted by Crippen LogP contribution is -2.44. The van der Waals surface area contributed by atoms with Gasteiger partial charge in [-0.1, -0.05) is 54.1 Å². The molecule has 0 atom stereocenters. The summed E-state index contributed by atoms with van der Waals surface area (Å²) in [6.07, 6.45) is 3.90. The van der Waals surface area contributed by atoms with Crippen molar-refractivity contribution in [3.8, 4) is 5.75 Å². The van der Waals surface area contributed by atoms with Gasteiger partial charge in [-0.25, -0.2) is 0 Å². The van der Waals surface area contributed by atoms with Gasteiger partial charge in [0.05, 0.1) is 5.02 Å². The average molecular weight is 533 g/mol. The molecule has 2 saturated heterocycles. The van der Waals surface area contributed by atoms with Crippen LogP contribution >= 0.6 is 11.6 Å². The topological polar surface area (TPSA) is 70.8 Å². The van der Waals surface area contributed by atoms with Gasteiger partial charge >= 0.3 is 0 Å². The molecular formula is C31H37ClN4O2. The van der Waals surface area contributed by atoms with Crippen LogP contribution in [-0.2, 0) is 13.1 Å². The minimum atomic E-state index is -0.0732. The summed E-state index contributed by atoms with van der Waals surface area (Å²) in [5, 5.41) is 3.68. The molecule has 2 heterocycles. The smallest absolute Gasteiger partial charge is 0.251 e. The Kier molecular flexibility index (Phi) is 8.84. The first-order valence-electron chi connectivity index (χ1n) is 13.6. The van der Waals surface area contributed by atoms with Crippen LogP contribution in [-0.4, -0.2) is 54.0 Å². The van der Waals surface area contributed by atoms with Crippen molar-refractivity contribution in [3.05, 3.63) is 94.5 Å². The van der Waals surface area contributed by atoms with E-state index in [1.165, 1.54) is 11.1 Å². The standard InChI is InChI=1S/C31H37ClN4O2/c32-29-20-25(31(37)34-27-12-16-35(17-13-27)21-23-4-2-1-3-5-23)8-11-30(29)38-28-14-18-36(19-15-28)22-24-6-9-26(33)10-7-24/h1-11,20,27-28H,12-19,21-22,33H2,(H,34,37). The fourth-order valence-corrected chi connectivity index (χ4v) is 5.55. The van der Waals surface area contributed by atoms with Gasteiger partial charge in [0.1, 0.15) is 11.9 Å². The van der Waals surface area contributed by atoms with Gasteiger partial charge < -0.3 is 15.8 Å². The predicted molar refractivity (Wildman–Crippen MR) is 153 cm³/mol. The van der Waals surface area contributed by atoms with Crippen molar-refractivity contribution in [3.63, 3.8) is 0 Å². The number of carbonyl (C=O) groups excluding carboxylic acids is 1. The third-order valence-corrected chi connectivity index (χ3v) is 7.88. The number of nitrogens with zero attached hydrogens (tertiary/aromatic N) is 2. The molecule has 2 fully saturated rings. The van der Waals surface area contributed by atoms with Gasteiger partial charge in [0.25, 0.3) is 5.91 Å². The Morgan fingerprint density at radius 2 is 1.45 bits per heavy atom. The van der Waals surface area contributed by atoms with Crippen molar-refractivity contribution in [2.45, 2.75) is 50.9 Å². The van der Waals surface area contributed by atoms with Gasteiger partial charge in [0.15, 0.2) is 0 Å². The number of nitrogens with two attached hydrogens (primary N) is 1. The zero-order valence-electron chi connectivity index (χ0n) is 21.8. The fourth-order valence-electron chi connectivity index (χ4n) is 5.33. The third kappa shape index (κ3) is 7.28. The Morgan fingerprint density at radius 1 is 0.842 bits per heavy atom. The first-order valence-corrected chi connectivity index (χ1v) is 14.0. The van der Waals surface area contributed by atoms with Crippen LogP contribution in [0.5, 0.6) is 5.75 Å². The molecule has 200 valence electrons. The minimum Gasteiger partial charge on any atom is -0.489 e. The number of anilines is 1. The normalized spacial score (nSPS) is 17.8. The highest BCUT2D eigenvalue weighted by atomic mass is 35.5. The van der Waals surface area contributed by atoms with Gasteiger partial charge in [0.2, 0.25) is 0 Å². The van der Waals surface area contributed by atoms with E-state index in [9.17, 15) is 4.79 Å². The van der Waals surface area contributed by atoms with Crippen LogP contribution in [0.2, 0.25) is 5.02 Å². The molecule has 0 unspecified atom stereocenters. The molecule has 0 radical (unpaired) electrons. The third-order valence-electron chi connectivity index (χ3n) is 7.58. The Morgan fingerprint density at radius 3 is 2.08 bits per heavy atom. The number of likely N-dealkylation sites (tertiary alicyclic amines) is 2. The van der Waals surface area contributed by atoms with E-state index in [0.29, 0.717) is 16.3 Å². The second-order valence-corrected chi connectivity index (χ2v) is 10.9. The molecule has 0 aliphatic carbocycles. The Hall–Kier alpha value is -3.06. The number of amides is 1. The molecule has 38 heavy (non-hydrogen) atoms. The number of piperidine rings is 2. The maximum atomic E-state index is 12.9. The summed E-state index contributed by atoms with van der Waals surface area (Å²) in [4.78, 5) is 17.8. The number of ether oxygens (including phenoxy) is 1. The maximum Gasteiger partial charge on any atom is 0.251 e. The van der Waals surface area contributed by atoms with E-state index in [2.05, 4.69) is 51.5 Å². The molecule has 2 aliphatic heterocycles. The number of nitrogen functional groups attached to an aromatic ring is 1. The number of halogens is 1. The van der Waals surface area contributed by atoms with Crippen molar-refractivity contribution in [1.29, 1.82) is 0 Å². The molecule has 1 amide bonds. The first-order chi connectivity index (χ1) is 18.5. The van der Waals surface area contributed by atoms with Gasteiger partial charge in [-0.3, -0.25) is 14.6 Å². The van der Waals surface area contributed by atoms with E-state index in [1.807, 2.05) is 30.3 Å². The molecule has 6 nitrogen and oxygen atoms in total. The van der Waals surface area contributed by atoms with Gasteiger partial charge in [-0.05, 0) is 67.1 Å². The van der Waals surface area contributed by atoms with Crippen LogP contribution in [0, 0.1) is 0 Å². The summed E-state index contributed by atoms with van der Waals surface area (Å²) in [6.45, 7) is 5.77. The molecule has 3 aromatic carbocycles. The second-order valence-electron chi connectivity index (χ2n) is 10.5. The average Bonchev–Trinajstić information content (AvgIpc) is 2.94. The summed E-state index contributed by atoms with van der Waals surface area (Å²) in [5.74, 6) is 0.574. The largest absolute Gasteiger partial charge is 0.489 e. The van der Waals surface area contributed by atoms with E-state index < -0.39 is 0 Å². The van der Waals surface area contributed by atoms with Crippen molar-refractivity contribution in [2.75, 3.05) is 31.9 Å². The van der Waals surface area contributed by atoms with E-state index in [1.54, 1.807) is 6.07 Å². The number of carbonyl (C=O) groups is 1. The quantitative estimate of drug-likeness (QED) is 0.382. The Balaban J connectivity index is 1.06. The number of benzene rings is 3. The number of nitrogens with one attached hydrogen (secondary N) is 1. The molecule has 5 rings (SSSR count). The summed E-state index contributed by atoms with van der Waals surface area (Å²) in [7, 11) is 0. The van der Waals surface area contributed by atoms with Crippen molar-refractivity contribution < 1.29 is 9.53 Å². The summed E-state index contributed by atoms with van der Waals surface area (Å²) in [5.41, 5.74) is 9.76. The number of hydrogen-bond acceptors (Lipinski definition) is 5. The molecule has 7 heteroatoms. The van der Waals surface area contributed by atoms with Crippen LogP contribution in [0.3, 0.4) is 0 Å². The Labute approximate surface area is 230 Å². The summed E-state index contributed by atoms with van der Waals surface area (Å²) in [6, 6.07) is 24.2. The van der Waals surface area contributed by atoms with E-state index in [4.69, 9.17) is 22.1 Å². The minimum absolute atomic E-state index is 0.0732. The van der Waals surface area contributed by atoms with Crippen molar-refractivity contribution in [2.24, 2.45) is 0 Å². The monoisotopic (exact) mass is 532 g/mol. The van der Waals surface area contributed by atoms with E-state index in [0.717, 1.165) is 70.6 Å². The zero-order valence-corrected chi connectivity index (χ0v) is 22.6. The summed E-state index contributed by atoms with van der Waals surface area (Å²) < 4.78 is 6.23. The van der Waals surface area contributed by atoms with Crippen LogP contribution < -0.4 is 15.8 Å². The highest BCUT2D eigenvalue weighted by molar-refractivity contribution is 6.32. The van der Waals surface area contributed by atoms with Gasteiger partial charge in [-0.15, -0.1) is 0 Å². The SMILES string of the molecule is Nc1ccc(CN2CCC(Oc3ccc(C(=O)NC4CCN(Cc5ccccc5)CC4)cc3Cl)CC2)cc1. The molecule has 0 bridgehead atoms. The highest BCUT2D eigenvalue weighted by Crippen LogP contribution is 2.29. The molecule has 0 aromatic heterocycles. The molecule has 0 saturated carbocycles. The van der Waals surface area contributed by atoms with Crippen LogP contribution in [0.1, 0.15) is 47.2 Å². The van der Waals surface area contributed by atoms with Crippen molar-refractivity contribution >= 4 is 23.2 Å². The summed E-state index contributed by atoms with van der Waals surface area (Å²) >= 11 is 6.55. The molecule has 2 aliphatic rings. The lowest BCUT2D eigenvalue weighted by Gasteiger charge is -2.32. The van der Waals surface area contributed by atoms with Crippen LogP contribution in [0.4, 0.5) is 5.69 Å². The van der Waals surface area contributed by atoms with E-state index >= 15 is 0 Å². The maximum absolute atomic E-state index is 12.9. The first kappa shape index (κ1) is 26.5. The highest BCUT2D eigenvalue weighted by Gasteiger charge is 2.23. The Bertz CT molecular complexity index is 1190. The molecular weight excluding hydrogens is 496 g/mol. The molecule has 3 aromatic rings. The zero-order chi connectivity index (χ0) is 26.3. The predicted octanol–water partition coefficient (Wildman–Crippen LogP) is 5.36. The van der Waals surface area contributed by atoms with Crippen molar-refractivity contribution in [1.82, 2.24) is 15.1 Å². The second kappa shape index (κ2) is 12.7. The van der Waals surface area contributed by atoms with Gasteiger partial charge in [0, 0.05) is 56.6 Å². The fraction of sp³-hybridized carbons (Fsp3) is 0.387.